The summed E-state index contributed by atoms with van der Waals surface area (Å²) in [5, 5.41) is 5.28. The van der Waals surface area contributed by atoms with E-state index in [1.54, 1.807) is 17.4 Å². The number of rotatable bonds is 7. The molecule has 6 heteroatoms. The lowest BCUT2D eigenvalue weighted by molar-refractivity contribution is 0.357. The molecule has 0 spiro atoms. The van der Waals surface area contributed by atoms with E-state index < -0.39 is 10.0 Å². The number of nitrogens with zero attached hydrogens (tertiary/aromatic N) is 1. The maximum absolute atomic E-state index is 12.8. The molecule has 0 saturated heterocycles. The zero-order valence-corrected chi connectivity index (χ0v) is 13.6. The van der Waals surface area contributed by atoms with Gasteiger partial charge in [0.25, 0.3) is 0 Å². The summed E-state index contributed by atoms with van der Waals surface area (Å²) in [6, 6.07) is 2.44. The van der Waals surface area contributed by atoms with E-state index in [1.807, 2.05) is 12.3 Å². The zero-order valence-electron chi connectivity index (χ0n) is 12.0. The molecule has 4 nitrogen and oxygen atoms in total. The number of thiophene rings is 1. The molecule has 2 fully saturated rings. The Kier molecular flexibility index (Phi) is 3.92. The Hall–Kier alpha value is -0.430. The van der Waals surface area contributed by atoms with E-state index in [2.05, 4.69) is 5.32 Å². The summed E-state index contributed by atoms with van der Waals surface area (Å²) in [5.41, 5.74) is 0. The van der Waals surface area contributed by atoms with Crippen LogP contribution >= 0.6 is 11.3 Å². The summed E-state index contributed by atoms with van der Waals surface area (Å²) < 4.78 is 27.1. The summed E-state index contributed by atoms with van der Waals surface area (Å²) >= 11 is 1.53. The first-order chi connectivity index (χ1) is 9.50. The third kappa shape index (κ3) is 2.93. The van der Waals surface area contributed by atoms with Crippen molar-refractivity contribution in [3.8, 4) is 0 Å². The highest BCUT2D eigenvalue weighted by atomic mass is 32.2. The Bertz CT molecular complexity index is 574. The number of hydrogen-bond donors (Lipinski definition) is 1. The lowest BCUT2D eigenvalue weighted by atomic mass is 10.2. The molecule has 1 aromatic rings. The van der Waals surface area contributed by atoms with Crippen molar-refractivity contribution in [1.82, 2.24) is 9.62 Å². The van der Waals surface area contributed by atoms with Gasteiger partial charge in [-0.1, -0.05) is 0 Å². The van der Waals surface area contributed by atoms with Gasteiger partial charge in [-0.15, -0.1) is 11.3 Å². The van der Waals surface area contributed by atoms with Crippen molar-refractivity contribution in [2.24, 2.45) is 5.92 Å². The highest BCUT2D eigenvalue weighted by Gasteiger charge is 2.37. The smallest absolute Gasteiger partial charge is 0.244 e. The van der Waals surface area contributed by atoms with Crippen LogP contribution in [0.25, 0.3) is 0 Å². The van der Waals surface area contributed by atoms with Gasteiger partial charge in [0.05, 0.1) is 4.90 Å². The molecule has 0 bridgehead atoms. The Morgan fingerprint density at radius 1 is 1.40 bits per heavy atom. The van der Waals surface area contributed by atoms with Crippen LogP contribution in [0.2, 0.25) is 0 Å². The van der Waals surface area contributed by atoms with E-state index in [-0.39, 0.29) is 6.04 Å². The topological polar surface area (TPSA) is 49.4 Å². The molecule has 3 rings (SSSR count). The second kappa shape index (κ2) is 5.40. The molecule has 1 aromatic heterocycles. The van der Waals surface area contributed by atoms with E-state index in [1.165, 1.54) is 24.2 Å². The predicted octanol–water partition coefficient (Wildman–Crippen LogP) is 2.42. The molecule has 2 aliphatic rings. The van der Waals surface area contributed by atoms with Crippen molar-refractivity contribution in [1.29, 1.82) is 0 Å². The highest BCUT2D eigenvalue weighted by molar-refractivity contribution is 7.89. The molecular weight excluding hydrogens is 292 g/mol. The normalized spacial score (nSPS) is 21.4. The standard InChI is InChI=1S/C14H22N2O2S2/c1-10(11-3-4-11)16(2)20(17,18)14-7-8-19-13(14)9-15-12-5-6-12/h7-8,10-12,15H,3-6,9H2,1-2H3. The third-order valence-electron chi connectivity index (χ3n) is 4.37. The van der Waals surface area contributed by atoms with Gasteiger partial charge in [0.2, 0.25) is 10.0 Å². The first kappa shape index (κ1) is 14.5. The molecule has 1 N–H and O–H groups in total. The quantitative estimate of drug-likeness (QED) is 0.841. The van der Waals surface area contributed by atoms with Crippen LogP contribution in [-0.4, -0.2) is 31.9 Å². The van der Waals surface area contributed by atoms with Crippen molar-refractivity contribution < 1.29 is 8.42 Å². The first-order valence-corrected chi connectivity index (χ1v) is 9.60. The monoisotopic (exact) mass is 314 g/mol. The lowest BCUT2D eigenvalue weighted by Crippen LogP contribution is -2.36. The van der Waals surface area contributed by atoms with Gasteiger partial charge < -0.3 is 5.32 Å². The minimum absolute atomic E-state index is 0.101. The zero-order chi connectivity index (χ0) is 14.3. The molecule has 0 aliphatic heterocycles. The molecule has 112 valence electrons. The van der Waals surface area contributed by atoms with Crippen LogP contribution in [0.3, 0.4) is 0 Å². The molecule has 2 aliphatic carbocycles. The van der Waals surface area contributed by atoms with Crippen LogP contribution < -0.4 is 5.32 Å². The van der Waals surface area contributed by atoms with Gasteiger partial charge in [-0.3, -0.25) is 0 Å². The molecule has 0 radical (unpaired) electrons. The Morgan fingerprint density at radius 2 is 2.10 bits per heavy atom. The second-order valence-electron chi connectivity index (χ2n) is 5.96. The molecular formula is C14H22N2O2S2. The van der Waals surface area contributed by atoms with Crippen LogP contribution in [0.1, 0.15) is 37.5 Å². The van der Waals surface area contributed by atoms with E-state index >= 15 is 0 Å². The van der Waals surface area contributed by atoms with E-state index in [4.69, 9.17) is 0 Å². The van der Waals surface area contributed by atoms with Gasteiger partial charge in [-0.05, 0) is 50.0 Å². The summed E-state index contributed by atoms with van der Waals surface area (Å²) in [6.45, 7) is 2.69. The van der Waals surface area contributed by atoms with Crippen LogP contribution in [0.5, 0.6) is 0 Å². The summed E-state index contributed by atoms with van der Waals surface area (Å²) in [6.07, 6.45) is 4.74. The SMILES string of the molecule is CC(C1CC1)N(C)S(=O)(=O)c1ccsc1CNC1CC1. The average Bonchev–Trinajstić information content (AvgIpc) is 3.33. The largest absolute Gasteiger partial charge is 0.309 e. The average molecular weight is 314 g/mol. The number of sulfonamides is 1. The van der Waals surface area contributed by atoms with Crippen molar-refractivity contribution in [2.45, 2.75) is 56.1 Å². The van der Waals surface area contributed by atoms with Gasteiger partial charge in [0.1, 0.15) is 0 Å². The maximum Gasteiger partial charge on any atom is 0.244 e. The maximum atomic E-state index is 12.8. The van der Waals surface area contributed by atoms with E-state index in [9.17, 15) is 8.42 Å². The van der Waals surface area contributed by atoms with Crippen molar-refractivity contribution in [3.05, 3.63) is 16.3 Å². The number of nitrogens with one attached hydrogen (secondary N) is 1. The summed E-state index contributed by atoms with van der Waals surface area (Å²) in [7, 11) is -1.64. The van der Waals surface area contributed by atoms with Crippen molar-refractivity contribution in [3.63, 3.8) is 0 Å². The van der Waals surface area contributed by atoms with Gasteiger partial charge in [-0.2, -0.15) is 4.31 Å². The van der Waals surface area contributed by atoms with Gasteiger partial charge >= 0.3 is 0 Å². The lowest BCUT2D eigenvalue weighted by Gasteiger charge is -2.24. The Labute approximate surface area is 125 Å². The van der Waals surface area contributed by atoms with Gasteiger partial charge in [0, 0.05) is 30.6 Å². The third-order valence-corrected chi connectivity index (χ3v) is 7.45. The fourth-order valence-electron chi connectivity index (χ4n) is 2.46. The molecule has 0 aromatic carbocycles. The molecule has 1 atom stereocenters. The molecule has 20 heavy (non-hydrogen) atoms. The van der Waals surface area contributed by atoms with Crippen LogP contribution in [-0.2, 0) is 16.6 Å². The first-order valence-electron chi connectivity index (χ1n) is 7.28. The van der Waals surface area contributed by atoms with E-state index in [0.717, 1.165) is 17.7 Å². The fourth-order valence-corrected chi connectivity index (χ4v) is 5.25. The molecule has 0 amide bonds. The Balaban J connectivity index is 1.77. The number of hydrogen-bond acceptors (Lipinski definition) is 4. The van der Waals surface area contributed by atoms with Crippen molar-refractivity contribution >= 4 is 21.4 Å². The molecule has 2 saturated carbocycles. The minimum atomic E-state index is -3.35. The highest BCUT2D eigenvalue weighted by Crippen LogP contribution is 2.37. The van der Waals surface area contributed by atoms with Gasteiger partial charge in [0.15, 0.2) is 0 Å². The molecule has 1 heterocycles. The predicted molar refractivity (Wildman–Crippen MR) is 81.3 cm³/mol. The van der Waals surface area contributed by atoms with Crippen molar-refractivity contribution in [2.75, 3.05) is 7.05 Å². The summed E-state index contributed by atoms with van der Waals surface area (Å²) in [5.74, 6) is 0.543. The second-order valence-corrected chi connectivity index (χ2v) is 8.93. The Morgan fingerprint density at radius 3 is 2.70 bits per heavy atom. The van der Waals surface area contributed by atoms with Crippen LogP contribution in [0, 0.1) is 5.92 Å². The van der Waals surface area contributed by atoms with E-state index in [0.29, 0.717) is 23.4 Å². The molecule has 1 unspecified atom stereocenters. The fraction of sp³-hybridized carbons (Fsp3) is 0.714. The van der Waals surface area contributed by atoms with Crippen LogP contribution in [0.4, 0.5) is 0 Å². The minimum Gasteiger partial charge on any atom is -0.309 e. The van der Waals surface area contributed by atoms with Crippen LogP contribution in [0.15, 0.2) is 16.3 Å². The summed E-state index contributed by atoms with van der Waals surface area (Å²) in [4.78, 5) is 1.43. The van der Waals surface area contributed by atoms with Gasteiger partial charge in [-0.25, -0.2) is 8.42 Å².